The molecule has 4 rings (SSSR count). The van der Waals surface area contributed by atoms with Crippen LogP contribution in [0.25, 0.3) is 11.1 Å². The molecule has 2 aromatic rings. The van der Waals surface area contributed by atoms with Gasteiger partial charge in [0.15, 0.2) is 0 Å². The fourth-order valence-electron chi connectivity index (χ4n) is 4.31. The molecular weight excluding hydrogens is 326 g/mol. The van der Waals surface area contributed by atoms with E-state index in [2.05, 4.69) is 36.5 Å². The Balaban J connectivity index is 1.44. The van der Waals surface area contributed by atoms with Gasteiger partial charge in [-0.05, 0) is 47.4 Å². The highest BCUT2D eigenvalue weighted by atomic mass is 16.5. The fourth-order valence-corrected chi connectivity index (χ4v) is 4.31. The number of rotatable bonds is 3. The third-order valence-electron chi connectivity index (χ3n) is 5.72. The summed E-state index contributed by atoms with van der Waals surface area (Å²) in [5.74, 6) is 0.570. The third kappa shape index (κ3) is 3.21. The maximum atomic E-state index is 12.3. The molecule has 2 N–H and O–H groups in total. The second-order valence-electron chi connectivity index (χ2n) is 7.56. The van der Waals surface area contributed by atoms with Crippen LogP contribution in [0.3, 0.4) is 0 Å². The Morgan fingerprint density at radius 1 is 1.08 bits per heavy atom. The first-order valence-electron chi connectivity index (χ1n) is 9.43. The van der Waals surface area contributed by atoms with E-state index in [1.54, 1.807) is 0 Å². The molecule has 0 aromatic heterocycles. The van der Waals surface area contributed by atoms with Gasteiger partial charge in [-0.25, -0.2) is 4.79 Å². The third-order valence-corrected chi connectivity index (χ3v) is 5.72. The second kappa shape index (κ2) is 7.12. The van der Waals surface area contributed by atoms with E-state index in [9.17, 15) is 9.90 Å². The van der Waals surface area contributed by atoms with Crippen LogP contribution in [0.15, 0.2) is 48.5 Å². The van der Waals surface area contributed by atoms with Crippen molar-refractivity contribution in [1.82, 2.24) is 5.32 Å². The molecule has 0 spiro atoms. The van der Waals surface area contributed by atoms with Crippen molar-refractivity contribution < 1.29 is 14.6 Å². The van der Waals surface area contributed by atoms with Crippen molar-refractivity contribution in [2.24, 2.45) is 5.92 Å². The number of alkyl carbamates (subject to hydrolysis) is 1. The average Bonchev–Trinajstić information content (AvgIpc) is 2.97. The second-order valence-corrected chi connectivity index (χ2v) is 7.56. The summed E-state index contributed by atoms with van der Waals surface area (Å²) in [5.41, 5.74) is 4.84. The summed E-state index contributed by atoms with van der Waals surface area (Å²) in [6.45, 7) is 2.45. The average molecular weight is 351 g/mol. The van der Waals surface area contributed by atoms with Gasteiger partial charge in [-0.1, -0.05) is 55.5 Å². The van der Waals surface area contributed by atoms with Crippen molar-refractivity contribution in [2.75, 3.05) is 6.61 Å². The van der Waals surface area contributed by atoms with Crippen molar-refractivity contribution in [3.05, 3.63) is 59.7 Å². The molecule has 0 aliphatic heterocycles. The van der Waals surface area contributed by atoms with Gasteiger partial charge in [-0.15, -0.1) is 0 Å². The minimum absolute atomic E-state index is 0.0587. The predicted molar refractivity (Wildman–Crippen MR) is 101 cm³/mol. The van der Waals surface area contributed by atoms with Crippen LogP contribution in [0.2, 0.25) is 0 Å². The molecule has 4 heteroatoms. The van der Waals surface area contributed by atoms with Gasteiger partial charge < -0.3 is 15.2 Å². The fraction of sp³-hybridized carbons (Fsp3) is 0.409. The van der Waals surface area contributed by atoms with Crippen molar-refractivity contribution in [2.45, 2.75) is 44.2 Å². The number of fused-ring (bicyclic) bond motifs is 3. The largest absolute Gasteiger partial charge is 0.449 e. The number of amides is 1. The van der Waals surface area contributed by atoms with Gasteiger partial charge in [0.1, 0.15) is 6.61 Å². The monoisotopic (exact) mass is 351 g/mol. The maximum Gasteiger partial charge on any atom is 0.407 e. The standard InChI is InChI=1S/C22H25NO3/c1-14-10-11-21(24)20(12-14)23-22(25)26-13-19-17-8-4-2-6-15(17)16-7-3-5-9-18(16)19/h2-9,14,19-21,24H,10-13H2,1H3,(H,23,25). The maximum absolute atomic E-state index is 12.3. The number of hydrogen-bond donors (Lipinski definition) is 2. The lowest BCUT2D eigenvalue weighted by Gasteiger charge is -2.31. The number of aliphatic hydroxyl groups is 1. The smallest absolute Gasteiger partial charge is 0.407 e. The molecule has 26 heavy (non-hydrogen) atoms. The lowest BCUT2D eigenvalue weighted by Crippen LogP contribution is -2.47. The first-order valence-corrected chi connectivity index (χ1v) is 9.43. The van der Waals surface area contributed by atoms with Crippen LogP contribution in [-0.2, 0) is 4.74 Å². The van der Waals surface area contributed by atoms with Crippen molar-refractivity contribution in [3.63, 3.8) is 0 Å². The van der Waals surface area contributed by atoms with Crippen molar-refractivity contribution >= 4 is 6.09 Å². The first kappa shape index (κ1) is 17.1. The van der Waals surface area contributed by atoms with E-state index < -0.39 is 12.2 Å². The van der Waals surface area contributed by atoms with Gasteiger partial charge >= 0.3 is 6.09 Å². The van der Waals surface area contributed by atoms with E-state index in [-0.39, 0.29) is 12.0 Å². The molecule has 2 aromatic carbocycles. The number of ether oxygens (including phenoxy) is 1. The molecule has 3 unspecified atom stereocenters. The van der Waals surface area contributed by atoms with Gasteiger partial charge in [-0.2, -0.15) is 0 Å². The van der Waals surface area contributed by atoms with E-state index in [1.165, 1.54) is 22.3 Å². The Kier molecular flexibility index (Phi) is 4.68. The lowest BCUT2D eigenvalue weighted by molar-refractivity contribution is 0.0654. The normalized spacial score (nSPS) is 24.6. The summed E-state index contributed by atoms with van der Waals surface area (Å²) in [6, 6.07) is 16.4. The van der Waals surface area contributed by atoms with Crippen LogP contribution >= 0.6 is 0 Å². The van der Waals surface area contributed by atoms with Crippen LogP contribution < -0.4 is 5.32 Å². The quantitative estimate of drug-likeness (QED) is 0.876. The van der Waals surface area contributed by atoms with Gasteiger partial charge in [0.05, 0.1) is 12.1 Å². The Hall–Kier alpha value is -2.33. The van der Waals surface area contributed by atoms with Crippen LogP contribution in [-0.4, -0.2) is 30.0 Å². The molecule has 0 heterocycles. The van der Waals surface area contributed by atoms with E-state index >= 15 is 0 Å². The van der Waals surface area contributed by atoms with E-state index in [0.29, 0.717) is 12.5 Å². The molecule has 1 amide bonds. The van der Waals surface area contributed by atoms with E-state index in [1.807, 2.05) is 24.3 Å². The Morgan fingerprint density at radius 2 is 1.69 bits per heavy atom. The van der Waals surface area contributed by atoms with E-state index in [0.717, 1.165) is 19.3 Å². The highest BCUT2D eigenvalue weighted by Crippen LogP contribution is 2.44. The SMILES string of the molecule is CC1CCC(O)C(NC(=O)OCC2c3ccccc3-c3ccccc32)C1. The summed E-state index contributed by atoms with van der Waals surface area (Å²) in [5, 5.41) is 13.0. The van der Waals surface area contributed by atoms with Crippen molar-refractivity contribution in [1.29, 1.82) is 0 Å². The molecule has 2 aliphatic rings. The van der Waals surface area contributed by atoms with E-state index in [4.69, 9.17) is 4.74 Å². The lowest BCUT2D eigenvalue weighted by atomic mass is 9.85. The zero-order valence-corrected chi connectivity index (χ0v) is 15.0. The Labute approximate surface area is 154 Å². The molecular formula is C22H25NO3. The Morgan fingerprint density at radius 3 is 2.35 bits per heavy atom. The van der Waals surface area contributed by atoms with Crippen LogP contribution in [0.5, 0.6) is 0 Å². The molecule has 136 valence electrons. The minimum atomic E-state index is -0.480. The molecule has 4 nitrogen and oxygen atoms in total. The summed E-state index contributed by atoms with van der Waals surface area (Å²) < 4.78 is 5.56. The summed E-state index contributed by atoms with van der Waals surface area (Å²) >= 11 is 0. The number of carbonyl (C=O) groups is 1. The van der Waals surface area contributed by atoms with Gasteiger partial charge in [0.25, 0.3) is 0 Å². The summed E-state index contributed by atoms with van der Waals surface area (Å²) in [4.78, 5) is 12.3. The molecule has 0 bridgehead atoms. The van der Waals surface area contributed by atoms with Gasteiger partial charge in [-0.3, -0.25) is 0 Å². The molecule has 1 fully saturated rings. The van der Waals surface area contributed by atoms with Crippen molar-refractivity contribution in [3.8, 4) is 11.1 Å². The highest BCUT2D eigenvalue weighted by molar-refractivity contribution is 5.79. The predicted octanol–water partition coefficient (Wildman–Crippen LogP) is 4.07. The van der Waals surface area contributed by atoms with Crippen LogP contribution in [0.1, 0.15) is 43.2 Å². The van der Waals surface area contributed by atoms with Crippen LogP contribution in [0, 0.1) is 5.92 Å². The minimum Gasteiger partial charge on any atom is -0.449 e. The zero-order valence-electron chi connectivity index (χ0n) is 15.0. The number of aliphatic hydroxyl groups excluding tert-OH is 1. The molecule has 1 saturated carbocycles. The number of carbonyl (C=O) groups excluding carboxylic acids is 1. The first-order chi connectivity index (χ1) is 12.6. The number of nitrogens with one attached hydrogen (secondary N) is 1. The number of hydrogen-bond acceptors (Lipinski definition) is 3. The molecule has 2 aliphatic carbocycles. The topological polar surface area (TPSA) is 58.6 Å². The molecule has 0 saturated heterocycles. The highest BCUT2D eigenvalue weighted by Gasteiger charge is 2.31. The number of benzene rings is 2. The van der Waals surface area contributed by atoms with Gasteiger partial charge in [0, 0.05) is 5.92 Å². The molecule has 0 radical (unpaired) electrons. The Bertz CT molecular complexity index is 758. The summed E-state index contributed by atoms with van der Waals surface area (Å²) in [6.07, 6.45) is 1.61. The molecule has 3 atom stereocenters. The summed E-state index contributed by atoms with van der Waals surface area (Å²) in [7, 11) is 0. The van der Waals surface area contributed by atoms with Crippen LogP contribution in [0.4, 0.5) is 4.79 Å². The zero-order chi connectivity index (χ0) is 18.1. The van der Waals surface area contributed by atoms with Gasteiger partial charge in [0.2, 0.25) is 0 Å².